The van der Waals surface area contributed by atoms with Crippen LogP contribution in [0.1, 0.15) is 20.2 Å². The molecule has 0 unspecified atom stereocenters. The number of morpholine rings is 1. The number of ether oxygens (including phenoxy) is 1. The summed E-state index contributed by atoms with van der Waals surface area (Å²) in [6.07, 6.45) is 0. The summed E-state index contributed by atoms with van der Waals surface area (Å²) in [4.78, 5) is 18.5. The molecule has 3 aromatic rings. The first kappa shape index (κ1) is 21.1. The first-order valence-corrected chi connectivity index (χ1v) is 12.5. The van der Waals surface area contributed by atoms with Gasteiger partial charge in [0.05, 0.1) is 25.5 Å². The van der Waals surface area contributed by atoms with E-state index in [9.17, 15) is 13.2 Å². The topological polar surface area (TPSA) is 88.6 Å². The highest BCUT2D eigenvalue weighted by molar-refractivity contribution is 7.91. The van der Waals surface area contributed by atoms with Gasteiger partial charge in [0.25, 0.3) is 15.9 Å². The fourth-order valence-corrected chi connectivity index (χ4v) is 6.91. The number of carbonyl (C=O) groups excluding carboxylic acids is 1. The standard InChI is InChI=1S/C20H21N3O4S3/c1-14-18(29-20(22-14)15-5-3-2-4-6-15)19(24)21-13-16-7-8-17(28-16)30(25,26)23-9-11-27-12-10-23/h2-8H,9-13H2,1H3,(H,21,24). The Morgan fingerprint density at radius 2 is 1.87 bits per heavy atom. The lowest BCUT2D eigenvalue weighted by Crippen LogP contribution is -2.40. The Balaban J connectivity index is 1.42. The Bertz CT molecular complexity index is 1130. The summed E-state index contributed by atoms with van der Waals surface area (Å²) in [5.74, 6) is -0.210. The molecular formula is C20H21N3O4S3. The van der Waals surface area contributed by atoms with Gasteiger partial charge in [0.2, 0.25) is 0 Å². The molecule has 0 spiro atoms. The molecule has 0 radical (unpaired) electrons. The van der Waals surface area contributed by atoms with Crippen LogP contribution in [0.4, 0.5) is 0 Å². The first-order chi connectivity index (χ1) is 14.4. The molecule has 10 heteroatoms. The van der Waals surface area contributed by atoms with Gasteiger partial charge in [-0.25, -0.2) is 13.4 Å². The van der Waals surface area contributed by atoms with Crippen molar-refractivity contribution < 1.29 is 17.9 Å². The Morgan fingerprint density at radius 1 is 1.13 bits per heavy atom. The van der Waals surface area contributed by atoms with Crippen molar-refractivity contribution >= 4 is 38.6 Å². The second-order valence-corrected chi connectivity index (χ2v) is 11.1. The smallest absolute Gasteiger partial charge is 0.263 e. The van der Waals surface area contributed by atoms with Crippen molar-refractivity contribution in [1.29, 1.82) is 0 Å². The number of aryl methyl sites for hydroxylation is 1. The third-order valence-electron chi connectivity index (χ3n) is 4.65. The fourth-order valence-electron chi connectivity index (χ4n) is 3.07. The lowest BCUT2D eigenvalue weighted by Gasteiger charge is -2.25. The Hall–Kier alpha value is -2.11. The van der Waals surface area contributed by atoms with Crippen LogP contribution in [0.25, 0.3) is 10.6 Å². The molecule has 1 N–H and O–H groups in total. The van der Waals surface area contributed by atoms with Crippen molar-refractivity contribution in [3.05, 3.63) is 57.9 Å². The molecule has 0 bridgehead atoms. The van der Waals surface area contributed by atoms with E-state index in [1.54, 1.807) is 12.1 Å². The highest BCUT2D eigenvalue weighted by atomic mass is 32.2. The monoisotopic (exact) mass is 463 g/mol. The van der Waals surface area contributed by atoms with Crippen LogP contribution in [0.3, 0.4) is 0 Å². The number of thiophene rings is 1. The molecule has 2 aromatic heterocycles. The maximum absolute atomic E-state index is 12.7. The molecule has 1 saturated heterocycles. The van der Waals surface area contributed by atoms with Gasteiger partial charge in [0.1, 0.15) is 14.1 Å². The van der Waals surface area contributed by atoms with Crippen LogP contribution in [-0.4, -0.2) is 49.9 Å². The molecule has 1 aromatic carbocycles. The van der Waals surface area contributed by atoms with Crippen LogP contribution in [0.15, 0.2) is 46.7 Å². The summed E-state index contributed by atoms with van der Waals surface area (Å²) >= 11 is 2.53. The van der Waals surface area contributed by atoms with Gasteiger partial charge in [-0.05, 0) is 19.1 Å². The second kappa shape index (κ2) is 8.94. The lowest BCUT2D eigenvalue weighted by molar-refractivity contribution is 0.0731. The molecule has 0 aliphatic carbocycles. The van der Waals surface area contributed by atoms with E-state index in [4.69, 9.17) is 4.74 Å². The summed E-state index contributed by atoms with van der Waals surface area (Å²) in [6, 6.07) is 13.1. The van der Waals surface area contributed by atoms with Crippen LogP contribution in [0, 0.1) is 6.92 Å². The van der Waals surface area contributed by atoms with E-state index in [0.717, 1.165) is 15.4 Å². The predicted octanol–water partition coefficient (Wildman–Crippen LogP) is 3.13. The van der Waals surface area contributed by atoms with Crippen molar-refractivity contribution in [2.75, 3.05) is 26.3 Å². The molecule has 4 rings (SSSR count). The molecular weight excluding hydrogens is 442 g/mol. The van der Waals surface area contributed by atoms with Crippen LogP contribution < -0.4 is 5.32 Å². The van der Waals surface area contributed by atoms with Gasteiger partial charge in [-0.2, -0.15) is 4.31 Å². The van der Waals surface area contributed by atoms with Gasteiger partial charge in [-0.3, -0.25) is 4.79 Å². The molecule has 1 fully saturated rings. The molecule has 1 aliphatic rings. The van der Waals surface area contributed by atoms with Gasteiger partial charge in [0, 0.05) is 23.5 Å². The first-order valence-electron chi connectivity index (χ1n) is 9.43. The summed E-state index contributed by atoms with van der Waals surface area (Å²) in [5.41, 5.74) is 1.65. The largest absolute Gasteiger partial charge is 0.379 e. The zero-order valence-electron chi connectivity index (χ0n) is 16.3. The molecule has 1 aliphatic heterocycles. The summed E-state index contributed by atoms with van der Waals surface area (Å²) < 4.78 is 32.4. The number of carbonyl (C=O) groups is 1. The van der Waals surface area contributed by atoms with Gasteiger partial charge in [0.15, 0.2) is 0 Å². The molecule has 3 heterocycles. The van der Waals surface area contributed by atoms with Crippen molar-refractivity contribution in [3.63, 3.8) is 0 Å². The third kappa shape index (κ3) is 4.47. The predicted molar refractivity (Wildman–Crippen MR) is 117 cm³/mol. The fraction of sp³-hybridized carbons (Fsp3) is 0.300. The van der Waals surface area contributed by atoms with E-state index in [1.807, 2.05) is 37.3 Å². The van der Waals surface area contributed by atoms with E-state index < -0.39 is 10.0 Å². The number of sulfonamides is 1. The molecule has 158 valence electrons. The number of nitrogens with one attached hydrogen (secondary N) is 1. The van der Waals surface area contributed by atoms with E-state index >= 15 is 0 Å². The van der Waals surface area contributed by atoms with Crippen LogP contribution in [0.2, 0.25) is 0 Å². The van der Waals surface area contributed by atoms with Crippen LogP contribution >= 0.6 is 22.7 Å². The summed E-state index contributed by atoms with van der Waals surface area (Å²) in [6.45, 7) is 3.62. The number of hydrogen-bond acceptors (Lipinski definition) is 7. The number of benzene rings is 1. The average molecular weight is 464 g/mol. The minimum Gasteiger partial charge on any atom is -0.379 e. The van der Waals surface area contributed by atoms with Crippen LogP contribution in [0.5, 0.6) is 0 Å². The normalized spacial score (nSPS) is 15.2. The summed E-state index contributed by atoms with van der Waals surface area (Å²) in [7, 11) is -3.51. The third-order valence-corrected chi connectivity index (χ3v) is 9.30. The molecule has 1 amide bonds. The van der Waals surface area contributed by atoms with E-state index in [2.05, 4.69) is 10.3 Å². The maximum atomic E-state index is 12.7. The van der Waals surface area contributed by atoms with Crippen molar-refractivity contribution in [3.8, 4) is 10.6 Å². The number of thiazole rings is 1. The second-order valence-electron chi connectivity index (χ2n) is 6.72. The summed E-state index contributed by atoms with van der Waals surface area (Å²) in [5, 5.41) is 3.68. The quantitative estimate of drug-likeness (QED) is 0.607. The molecule has 7 nitrogen and oxygen atoms in total. The number of rotatable bonds is 6. The van der Waals surface area contributed by atoms with E-state index in [0.29, 0.717) is 36.9 Å². The minimum absolute atomic E-state index is 0.210. The number of hydrogen-bond donors (Lipinski definition) is 1. The van der Waals surface area contributed by atoms with Gasteiger partial charge in [-0.1, -0.05) is 30.3 Å². The van der Waals surface area contributed by atoms with Crippen molar-refractivity contribution in [2.24, 2.45) is 0 Å². The lowest BCUT2D eigenvalue weighted by atomic mass is 10.2. The Labute approximate surface area is 183 Å². The van der Waals surface area contributed by atoms with Gasteiger partial charge in [-0.15, -0.1) is 22.7 Å². The number of nitrogens with zero attached hydrogens (tertiary/aromatic N) is 2. The van der Waals surface area contributed by atoms with Crippen molar-refractivity contribution in [2.45, 2.75) is 17.7 Å². The van der Waals surface area contributed by atoms with E-state index in [1.165, 1.54) is 27.0 Å². The van der Waals surface area contributed by atoms with Gasteiger partial charge >= 0.3 is 0 Å². The Morgan fingerprint density at radius 3 is 2.60 bits per heavy atom. The van der Waals surface area contributed by atoms with Crippen molar-refractivity contribution in [1.82, 2.24) is 14.6 Å². The molecule has 0 atom stereocenters. The maximum Gasteiger partial charge on any atom is 0.263 e. The zero-order valence-corrected chi connectivity index (χ0v) is 18.8. The highest BCUT2D eigenvalue weighted by Crippen LogP contribution is 2.28. The van der Waals surface area contributed by atoms with E-state index in [-0.39, 0.29) is 16.7 Å². The average Bonchev–Trinajstić information content (AvgIpc) is 3.41. The zero-order chi connectivity index (χ0) is 21.1. The Kier molecular flexibility index (Phi) is 6.30. The molecule has 30 heavy (non-hydrogen) atoms. The van der Waals surface area contributed by atoms with Gasteiger partial charge < -0.3 is 10.1 Å². The van der Waals surface area contributed by atoms with Crippen LogP contribution in [-0.2, 0) is 21.3 Å². The highest BCUT2D eigenvalue weighted by Gasteiger charge is 2.27. The SMILES string of the molecule is Cc1nc(-c2ccccc2)sc1C(=O)NCc1ccc(S(=O)(=O)N2CCOCC2)s1. The molecule has 0 saturated carbocycles. The number of aromatic nitrogens is 1. The minimum atomic E-state index is -3.51. The number of amides is 1.